The van der Waals surface area contributed by atoms with Crippen LogP contribution in [0.4, 0.5) is 5.13 Å². The van der Waals surface area contributed by atoms with E-state index in [0.717, 1.165) is 14.7 Å². The third-order valence-electron chi connectivity index (χ3n) is 3.81. The molecule has 0 aliphatic rings. The Morgan fingerprint density at radius 3 is 2.52 bits per heavy atom. The number of benzene rings is 2. The third-order valence-corrected chi connectivity index (χ3v) is 6.85. The number of rotatable bonds is 7. The molecule has 3 rings (SSSR count). The standard InChI is InChI=1S/C18H17BrN4O4S2/c1-11(23-29(26,27)13-8-6-12(19)7-9-13)17(25)20-10-16(24)22-18-21-14-4-2-3-5-15(14)28-18/h2-9,11,23H,10H2,1H3,(H,20,25)(H,21,22,24)/t11-/m0/s1. The van der Waals surface area contributed by atoms with Gasteiger partial charge in [0.25, 0.3) is 0 Å². The Labute approximate surface area is 179 Å². The molecule has 0 saturated heterocycles. The molecule has 0 aliphatic carbocycles. The van der Waals surface area contributed by atoms with Crippen molar-refractivity contribution in [1.29, 1.82) is 0 Å². The summed E-state index contributed by atoms with van der Waals surface area (Å²) in [5.74, 6) is -1.08. The van der Waals surface area contributed by atoms with Gasteiger partial charge in [-0.1, -0.05) is 39.4 Å². The number of nitrogens with zero attached hydrogens (tertiary/aromatic N) is 1. The van der Waals surface area contributed by atoms with Crippen LogP contribution in [0, 0.1) is 0 Å². The van der Waals surface area contributed by atoms with Crippen molar-refractivity contribution in [2.45, 2.75) is 17.9 Å². The molecule has 0 aliphatic heterocycles. The average Bonchev–Trinajstić information content (AvgIpc) is 3.08. The number of amides is 2. The molecule has 0 bridgehead atoms. The van der Waals surface area contributed by atoms with E-state index in [4.69, 9.17) is 0 Å². The Morgan fingerprint density at radius 1 is 1.14 bits per heavy atom. The Morgan fingerprint density at radius 2 is 1.83 bits per heavy atom. The molecule has 0 fully saturated rings. The number of aromatic nitrogens is 1. The molecule has 0 spiro atoms. The van der Waals surface area contributed by atoms with Crippen molar-refractivity contribution in [1.82, 2.24) is 15.0 Å². The summed E-state index contributed by atoms with van der Waals surface area (Å²) in [6.07, 6.45) is 0. The highest BCUT2D eigenvalue weighted by Crippen LogP contribution is 2.25. The zero-order chi connectivity index (χ0) is 21.0. The minimum Gasteiger partial charge on any atom is -0.346 e. The summed E-state index contributed by atoms with van der Waals surface area (Å²) in [5.41, 5.74) is 0.771. The number of carbonyl (C=O) groups is 2. The minimum atomic E-state index is -3.86. The lowest BCUT2D eigenvalue weighted by Crippen LogP contribution is -2.46. The van der Waals surface area contributed by atoms with Crippen molar-refractivity contribution in [2.24, 2.45) is 0 Å². The minimum absolute atomic E-state index is 0.0360. The van der Waals surface area contributed by atoms with Crippen LogP contribution in [0.15, 0.2) is 57.9 Å². The molecule has 11 heteroatoms. The van der Waals surface area contributed by atoms with E-state index < -0.39 is 27.9 Å². The molecule has 1 heterocycles. The number of nitrogens with one attached hydrogen (secondary N) is 3. The highest BCUT2D eigenvalue weighted by molar-refractivity contribution is 9.10. The van der Waals surface area contributed by atoms with E-state index in [2.05, 4.69) is 36.3 Å². The molecule has 2 aromatic carbocycles. The lowest BCUT2D eigenvalue weighted by atomic mass is 10.3. The molecule has 0 saturated carbocycles. The smallest absolute Gasteiger partial charge is 0.245 e. The number of hydrogen-bond donors (Lipinski definition) is 3. The van der Waals surface area contributed by atoms with Crippen LogP contribution in [0.25, 0.3) is 10.2 Å². The van der Waals surface area contributed by atoms with Crippen LogP contribution >= 0.6 is 27.3 Å². The summed E-state index contributed by atoms with van der Waals surface area (Å²) in [6.45, 7) is 1.09. The number of sulfonamides is 1. The first kappa shape index (κ1) is 21.4. The topological polar surface area (TPSA) is 117 Å². The predicted octanol–water partition coefficient (Wildman–Crippen LogP) is 2.48. The molecule has 29 heavy (non-hydrogen) atoms. The number of anilines is 1. The number of fused-ring (bicyclic) bond motifs is 1. The first-order valence-electron chi connectivity index (χ1n) is 8.45. The van der Waals surface area contributed by atoms with Crippen molar-refractivity contribution < 1.29 is 18.0 Å². The average molecular weight is 497 g/mol. The summed E-state index contributed by atoms with van der Waals surface area (Å²) in [4.78, 5) is 28.5. The van der Waals surface area contributed by atoms with Crippen molar-refractivity contribution in [3.8, 4) is 0 Å². The monoisotopic (exact) mass is 496 g/mol. The second-order valence-corrected chi connectivity index (χ2v) is 9.71. The van der Waals surface area contributed by atoms with Gasteiger partial charge < -0.3 is 10.6 Å². The summed E-state index contributed by atoms with van der Waals surface area (Å²) in [5, 5.41) is 5.45. The van der Waals surface area contributed by atoms with E-state index in [9.17, 15) is 18.0 Å². The third kappa shape index (κ3) is 5.60. The van der Waals surface area contributed by atoms with Gasteiger partial charge in [-0.3, -0.25) is 9.59 Å². The molecule has 152 valence electrons. The fourth-order valence-corrected chi connectivity index (χ4v) is 4.73. The molecule has 1 atom stereocenters. The van der Waals surface area contributed by atoms with Gasteiger partial charge in [-0.2, -0.15) is 4.72 Å². The number of thiazole rings is 1. The van der Waals surface area contributed by atoms with E-state index in [0.29, 0.717) is 5.13 Å². The maximum Gasteiger partial charge on any atom is 0.245 e. The van der Waals surface area contributed by atoms with Crippen LogP contribution in [0.2, 0.25) is 0 Å². The zero-order valence-electron chi connectivity index (χ0n) is 15.2. The molecule has 1 aromatic heterocycles. The second-order valence-electron chi connectivity index (χ2n) is 6.05. The van der Waals surface area contributed by atoms with E-state index in [1.54, 1.807) is 12.1 Å². The van der Waals surface area contributed by atoms with Crippen molar-refractivity contribution in [3.63, 3.8) is 0 Å². The van der Waals surface area contributed by atoms with Crippen LogP contribution < -0.4 is 15.4 Å². The van der Waals surface area contributed by atoms with Crippen LogP contribution in [-0.2, 0) is 19.6 Å². The second kappa shape index (κ2) is 8.99. The molecule has 3 aromatic rings. The van der Waals surface area contributed by atoms with Gasteiger partial charge in [0.2, 0.25) is 21.8 Å². The molecule has 0 unspecified atom stereocenters. The van der Waals surface area contributed by atoms with Gasteiger partial charge in [0, 0.05) is 4.47 Å². The Hall–Kier alpha value is -2.34. The van der Waals surface area contributed by atoms with Crippen molar-refractivity contribution in [2.75, 3.05) is 11.9 Å². The van der Waals surface area contributed by atoms with Crippen LogP contribution in [0.1, 0.15) is 6.92 Å². The highest BCUT2D eigenvalue weighted by atomic mass is 79.9. The van der Waals surface area contributed by atoms with Gasteiger partial charge in [-0.15, -0.1) is 0 Å². The van der Waals surface area contributed by atoms with Crippen LogP contribution in [0.5, 0.6) is 0 Å². The summed E-state index contributed by atoms with van der Waals surface area (Å²) in [6, 6.07) is 12.4. The summed E-state index contributed by atoms with van der Waals surface area (Å²) in [7, 11) is -3.86. The van der Waals surface area contributed by atoms with E-state index in [-0.39, 0.29) is 11.4 Å². The van der Waals surface area contributed by atoms with E-state index >= 15 is 0 Å². The lowest BCUT2D eigenvalue weighted by molar-refractivity contribution is -0.125. The van der Waals surface area contributed by atoms with Gasteiger partial charge in [0.15, 0.2) is 5.13 Å². The van der Waals surface area contributed by atoms with Crippen LogP contribution in [-0.4, -0.2) is 37.8 Å². The molecular weight excluding hydrogens is 480 g/mol. The first-order valence-corrected chi connectivity index (χ1v) is 11.5. The highest BCUT2D eigenvalue weighted by Gasteiger charge is 2.22. The SMILES string of the molecule is C[C@H](NS(=O)(=O)c1ccc(Br)cc1)C(=O)NCC(=O)Nc1nc2ccccc2s1. The van der Waals surface area contributed by atoms with E-state index in [1.807, 2.05) is 24.3 Å². The molecule has 8 nitrogen and oxygen atoms in total. The van der Waals surface area contributed by atoms with Gasteiger partial charge >= 0.3 is 0 Å². The largest absolute Gasteiger partial charge is 0.346 e. The number of hydrogen-bond acceptors (Lipinski definition) is 6. The van der Waals surface area contributed by atoms with Gasteiger partial charge in [-0.25, -0.2) is 13.4 Å². The van der Waals surface area contributed by atoms with Crippen molar-refractivity contribution >= 4 is 64.5 Å². The normalized spacial score (nSPS) is 12.5. The molecular formula is C18H17BrN4O4S2. The molecule has 2 amide bonds. The molecule has 3 N–H and O–H groups in total. The van der Waals surface area contributed by atoms with Gasteiger partial charge in [0.05, 0.1) is 27.7 Å². The summed E-state index contributed by atoms with van der Waals surface area (Å²) < 4.78 is 28.6. The number of carbonyl (C=O) groups excluding carboxylic acids is 2. The van der Waals surface area contributed by atoms with Gasteiger partial charge in [-0.05, 0) is 43.3 Å². The summed E-state index contributed by atoms with van der Waals surface area (Å²) >= 11 is 4.55. The number of halogens is 1. The Bertz CT molecular complexity index is 1110. The fraction of sp³-hybridized carbons (Fsp3) is 0.167. The lowest BCUT2D eigenvalue weighted by Gasteiger charge is -2.14. The fourth-order valence-electron chi connectivity index (χ4n) is 2.38. The maximum absolute atomic E-state index is 12.3. The molecule has 0 radical (unpaired) electrons. The Kier molecular flexibility index (Phi) is 6.63. The van der Waals surface area contributed by atoms with Crippen molar-refractivity contribution in [3.05, 3.63) is 53.0 Å². The number of para-hydroxylation sites is 1. The van der Waals surface area contributed by atoms with Crippen LogP contribution in [0.3, 0.4) is 0 Å². The zero-order valence-corrected chi connectivity index (χ0v) is 18.4. The Balaban J connectivity index is 1.52. The first-order chi connectivity index (χ1) is 13.7. The van der Waals surface area contributed by atoms with E-state index in [1.165, 1.54) is 30.4 Å². The quantitative estimate of drug-likeness (QED) is 0.464. The maximum atomic E-state index is 12.3. The predicted molar refractivity (Wildman–Crippen MR) is 115 cm³/mol. The van der Waals surface area contributed by atoms with Gasteiger partial charge in [0.1, 0.15) is 0 Å².